The van der Waals surface area contributed by atoms with Gasteiger partial charge in [0.05, 0.1) is 6.04 Å². The summed E-state index contributed by atoms with van der Waals surface area (Å²) in [5, 5.41) is 16.2. The summed E-state index contributed by atoms with van der Waals surface area (Å²) in [6.07, 6.45) is -0.696. The van der Waals surface area contributed by atoms with Crippen molar-refractivity contribution in [3.05, 3.63) is 28.8 Å². The maximum absolute atomic E-state index is 11.5. The number of hydrogen-bond acceptors (Lipinski definition) is 4. The van der Waals surface area contributed by atoms with Crippen molar-refractivity contribution in [1.29, 1.82) is 0 Å². The van der Waals surface area contributed by atoms with Crippen LogP contribution in [0.1, 0.15) is 19.4 Å². The van der Waals surface area contributed by atoms with Gasteiger partial charge in [0.1, 0.15) is 18.5 Å². The average molecular weight is 315 g/mol. The predicted octanol–water partition coefficient (Wildman–Crippen LogP) is 1.50. The summed E-state index contributed by atoms with van der Waals surface area (Å²) in [6, 6.07) is 4.98. The third-order valence-electron chi connectivity index (χ3n) is 2.98. The molecule has 1 aromatic rings. The fourth-order valence-corrected chi connectivity index (χ4v) is 1.81. The molecule has 0 spiro atoms. The average Bonchev–Trinajstić information content (AvgIpc) is 2.46. The van der Waals surface area contributed by atoms with Gasteiger partial charge in [-0.05, 0) is 44.5 Å². The lowest BCUT2D eigenvalue weighted by Crippen LogP contribution is -2.45. The summed E-state index contributed by atoms with van der Waals surface area (Å²) in [5.41, 5.74) is 0.923. The zero-order valence-corrected chi connectivity index (χ0v) is 13.4. The summed E-state index contributed by atoms with van der Waals surface area (Å²) in [7, 11) is 0. The molecule has 0 bridgehead atoms. The summed E-state index contributed by atoms with van der Waals surface area (Å²) in [6.45, 7) is 6.53. The van der Waals surface area contributed by atoms with Crippen LogP contribution in [0.15, 0.2) is 18.2 Å². The fourth-order valence-electron chi connectivity index (χ4n) is 1.69. The van der Waals surface area contributed by atoms with Gasteiger partial charge in [-0.1, -0.05) is 11.6 Å². The Morgan fingerprint density at radius 3 is 2.81 bits per heavy atom. The van der Waals surface area contributed by atoms with Gasteiger partial charge >= 0.3 is 0 Å². The smallest absolute Gasteiger partial charge is 0.236 e. The number of nitrogens with one attached hydrogen (secondary N) is 2. The van der Waals surface area contributed by atoms with Crippen LogP contribution in [0.25, 0.3) is 0 Å². The molecule has 6 heteroatoms. The summed E-state index contributed by atoms with van der Waals surface area (Å²) < 4.78 is 5.49. The van der Waals surface area contributed by atoms with E-state index in [4.69, 9.17) is 16.3 Å². The van der Waals surface area contributed by atoms with Gasteiger partial charge in [-0.3, -0.25) is 4.79 Å². The summed E-state index contributed by atoms with van der Waals surface area (Å²) in [5.74, 6) is 0.576. The zero-order valence-electron chi connectivity index (χ0n) is 12.6. The van der Waals surface area contributed by atoms with E-state index in [1.54, 1.807) is 19.1 Å². The molecule has 3 N–H and O–H groups in total. The topological polar surface area (TPSA) is 70.6 Å². The molecule has 0 saturated carbocycles. The SMILES string of the molecule is CCNC(=O)C(C)NCC(O)COc1ccc(Cl)c(C)c1. The highest BCUT2D eigenvalue weighted by atomic mass is 35.5. The number of aryl methyl sites for hydroxylation is 1. The summed E-state index contributed by atoms with van der Waals surface area (Å²) in [4.78, 5) is 11.5. The van der Waals surface area contributed by atoms with Gasteiger partial charge in [-0.25, -0.2) is 0 Å². The van der Waals surface area contributed by atoms with Crippen LogP contribution >= 0.6 is 11.6 Å². The number of benzene rings is 1. The van der Waals surface area contributed by atoms with Gasteiger partial charge in [-0.15, -0.1) is 0 Å². The molecule has 0 aliphatic carbocycles. The number of ether oxygens (including phenoxy) is 1. The molecule has 0 aliphatic rings. The van der Waals surface area contributed by atoms with Gasteiger partial charge in [0.15, 0.2) is 0 Å². The molecule has 0 saturated heterocycles. The maximum atomic E-state index is 11.5. The lowest BCUT2D eigenvalue weighted by atomic mass is 10.2. The van der Waals surface area contributed by atoms with E-state index in [2.05, 4.69) is 10.6 Å². The van der Waals surface area contributed by atoms with E-state index in [1.807, 2.05) is 19.9 Å². The summed E-state index contributed by atoms with van der Waals surface area (Å²) >= 11 is 5.93. The van der Waals surface area contributed by atoms with Crippen LogP contribution in [-0.2, 0) is 4.79 Å². The molecular formula is C15H23ClN2O3. The largest absolute Gasteiger partial charge is 0.491 e. The first-order valence-corrected chi connectivity index (χ1v) is 7.40. The number of carbonyl (C=O) groups is 1. The Labute approximate surface area is 130 Å². The van der Waals surface area contributed by atoms with E-state index < -0.39 is 6.10 Å². The molecule has 21 heavy (non-hydrogen) atoms. The van der Waals surface area contributed by atoms with Gasteiger partial charge in [-0.2, -0.15) is 0 Å². The minimum atomic E-state index is -0.696. The molecule has 1 aromatic carbocycles. The molecule has 2 atom stereocenters. The lowest BCUT2D eigenvalue weighted by Gasteiger charge is -2.17. The molecule has 1 amide bonds. The molecule has 0 heterocycles. The highest BCUT2D eigenvalue weighted by Gasteiger charge is 2.13. The van der Waals surface area contributed by atoms with Crippen molar-refractivity contribution in [2.45, 2.75) is 32.9 Å². The monoisotopic (exact) mass is 314 g/mol. The first-order valence-electron chi connectivity index (χ1n) is 7.02. The van der Waals surface area contributed by atoms with Gasteiger partial charge in [0.2, 0.25) is 5.91 Å². The van der Waals surface area contributed by atoms with Crippen molar-refractivity contribution >= 4 is 17.5 Å². The second-order valence-electron chi connectivity index (χ2n) is 4.90. The highest BCUT2D eigenvalue weighted by molar-refractivity contribution is 6.31. The zero-order chi connectivity index (χ0) is 15.8. The highest BCUT2D eigenvalue weighted by Crippen LogP contribution is 2.20. The van der Waals surface area contributed by atoms with E-state index in [0.29, 0.717) is 17.3 Å². The van der Waals surface area contributed by atoms with Crippen LogP contribution in [0.3, 0.4) is 0 Å². The molecule has 0 aromatic heterocycles. The first-order chi connectivity index (χ1) is 9.93. The second-order valence-corrected chi connectivity index (χ2v) is 5.31. The lowest BCUT2D eigenvalue weighted by molar-refractivity contribution is -0.122. The fraction of sp³-hybridized carbons (Fsp3) is 0.533. The Morgan fingerprint density at radius 1 is 1.48 bits per heavy atom. The van der Waals surface area contributed by atoms with Crippen LogP contribution in [0.5, 0.6) is 5.75 Å². The van der Waals surface area contributed by atoms with Crippen LogP contribution in [-0.4, -0.2) is 42.9 Å². The van der Waals surface area contributed by atoms with Crippen molar-refractivity contribution in [2.24, 2.45) is 0 Å². The van der Waals surface area contributed by atoms with Crippen molar-refractivity contribution in [3.8, 4) is 5.75 Å². The number of aliphatic hydroxyl groups is 1. The molecule has 5 nitrogen and oxygen atoms in total. The van der Waals surface area contributed by atoms with E-state index >= 15 is 0 Å². The number of aliphatic hydroxyl groups excluding tert-OH is 1. The number of carbonyl (C=O) groups excluding carboxylic acids is 1. The molecule has 118 valence electrons. The van der Waals surface area contributed by atoms with Crippen molar-refractivity contribution in [3.63, 3.8) is 0 Å². The van der Waals surface area contributed by atoms with E-state index in [9.17, 15) is 9.90 Å². The molecule has 0 fully saturated rings. The maximum Gasteiger partial charge on any atom is 0.236 e. The van der Waals surface area contributed by atoms with Crippen LogP contribution < -0.4 is 15.4 Å². The Balaban J connectivity index is 2.32. The predicted molar refractivity (Wildman–Crippen MR) is 83.8 cm³/mol. The van der Waals surface area contributed by atoms with Crippen molar-refractivity contribution < 1.29 is 14.6 Å². The molecule has 0 aliphatic heterocycles. The molecule has 1 rings (SSSR count). The van der Waals surface area contributed by atoms with Gasteiger partial charge < -0.3 is 20.5 Å². The molecule has 2 unspecified atom stereocenters. The van der Waals surface area contributed by atoms with E-state index in [0.717, 1.165) is 5.56 Å². The van der Waals surface area contributed by atoms with Crippen molar-refractivity contribution in [2.75, 3.05) is 19.7 Å². The van der Waals surface area contributed by atoms with Gasteiger partial charge in [0.25, 0.3) is 0 Å². The Morgan fingerprint density at radius 2 is 2.19 bits per heavy atom. The molecular weight excluding hydrogens is 292 g/mol. The third-order valence-corrected chi connectivity index (χ3v) is 3.40. The minimum Gasteiger partial charge on any atom is -0.491 e. The quantitative estimate of drug-likeness (QED) is 0.680. The van der Waals surface area contributed by atoms with Crippen LogP contribution in [0.4, 0.5) is 0 Å². The standard InChI is InChI=1S/C15H23ClN2O3/c1-4-17-15(20)11(3)18-8-12(19)9-21-13-5-6-14(16)10(2)7-13/h5-7,11-12,18-19H,4,8-9H2,1-3H3,(H,17,20). The number of hydrogen-bond donors (Lipinski definition) is 3. The Bertz CT molecular complexity index is 468. The van der Waals surface area contributed by atoms with Crippen molar-refractivity contribution in [1.82, 2.24) is 10.6 Å². The Kier molecular flexibility index (Phi) is 7.50. The number of rotatable bonds is 8. The van der Waals surface area contributed by atoms with E-state index in [-0.39, 0.29) is 25.1 Å². The van der Waals surface area contributed by atoms with Gasteiger partial charge in [0, 0.05) is 18.1 Å². The normalized spacial score (nSPS) is 13.6. The third kappa shape index (κ3) is 6.33. The Hall–Kier alpha value is -1.30. The van der Waals surface area contributed by atoms with Crippen LogP contribution in [0, 0.1) is 6.92 Å². The number of likely N-dealkylation sites (N-methyl/N-ethyl adjacent to an activating group) is 1. The van der Waals surface area contributed by atoms with E-state index in [1.165, 1.54) is 0 Å². The number of amides is 1. The van der Waals surface area contributed by atoms with Crippen LogP contribution in [0.2, 0.25) is 5.02 Å². The number of halogens is 1. The second kappa shape index (κ2) is 8.87. The first kappa shape index (κ1) is 17.8. The molecule has 0 radical (unpaired) electrons. The minimum absolute atomic E-state index is 0.0843.